The second-order valence-electron chi connectivity index (χ2n) is 14.6. The van der Waals surface area contributed by atoms with E-state index in [1.54, 1.807) is 55.3 Å². The van der Waals surface area contributed by atoms with Crippen LogP contribution in [0.15, 0.2) is 72.1 Å². The van der Waals surface area contributed by atoms with Crippen LogP contribution in [0, 0.1) is 0 Å². The molecule has 290 valence electrons. The van der Waals surface area contributed by atoms with Crippen LogP contribution in [0.25, 0.3) is 16.9 Å². The normalized spacial score (nSPS) is 17.5. The van der Waals surface area contributed by atoms with Crippen molar-refractivity contribution in [1.29, 1.82) is 0 Å². The molecule has 9 rings (SSSR count). The minimum absolute atomic E-state index is 0.147. The van der Waals surface area contributed by atoms with E-state index in [9.17, 15) is 9.59 Å². The van der Waals surface area contributed by atoms with E-state index in [-0.39, 0.29) is 29.9 Å². The molecule has 0 amide bonds. The van der Waals surface area contributed by atoms with Gasteiger partial charge >= 0.3 is 7.12 Å². The van der Waals surface area contributed by atoms with Gasteiger partial charge in [-0.15, -0.1) is 0 Å². The zero-order chi connectivity index (χ0) is 39.6. The van der Waals surface area contributed by atoms with Crippen molar-refractivity contribution >= 4 is 74.5 Å². The lowest BCUT2D eigenvalue weighted by Gasteiger charge is -2.32. The van der Waals surface area contributed by atoms with Crippen molar-refractivity contribution in [2.45, 2.75) is 77.4 Å². The molecular weight excluding hydrogens is 783 g/mol. The summed E-state index contributed by atoms with van der Waals surface area (Å²) < 4.78 is 19.2. The van der Waals surface area contributed by atoms with Crippen molar-refractivity contribution < 1.29 is 18.9 Å². The molecule has 1 fully saturated rings. The van der Waals surface area contributed by atoms with Gasteiger partial charge in [-0.1, -0.05) is 0 Å². The highest BCUT2D eigenvalue weighted by Crippen LogP contribution is 2.40. The van der Waals surface area contributed by atoms with Crippen molar-refractivity contribution in [3.8, 4) is 0 Å². The van der Waals surface area contributed by atoms with Crippen LogP contribution >= 0.6 is 15.9 Å². The molecular formula is C36H42BBrN14O4. The summed E-state index contributed by atoms with van der Waals surface area (Å²) in [5.41, 5.74) is 4.99. The molecule has 20 heteroatoms. The second kappa shape index (κ2) is 15.9. The summed E-state index contributed by atoms with van der Waals surface area (Å²) >= 11 is 3.33. The van der Waals surface area contributed by atoms with E-state index >= 15 is 0 Å². The van der Waals surface area contributed by atoms with E-state index < -0.39 is 0 Å². The molecule has 2 aliphatic carbocycles. The first-order valence-electron chi connectivity index (χ1n) is 18.1. The number of aromatic nitrogens is 12. The molecule has 6 aromatic heterocycles. The summed E-state index contributed by atoms with van der Waals surface area (Å²) in [5, 5.41) is 22.8. The van der Waals surface area contributed by atoms with Crippen molar-refractivity contribution in [2.24, 2.45) is 14.1 Å². The van der Waals surface area contributed by atoms with Crippen LogP contribution in [0.3, 0.4) is 0 Å². The topological polar surface area (TPSA) is 198 Å². The van der Waals surface area contributed by atoms with Crippen molar-refractivity contribution in [3.05, 3.63) is 77.8 Å². The summed E-state index contributed by atoms with van der Waals surface area (Å²) in [6, 6.07) is 0. The van der Waals surface area contributed by atoms with Gasteiger partial charge in [-0.3, -0.25) is 19.0 Å². The first kappa shape index (κ1) is 38.7. The molecule has 0 spiro atoms. The molecule has 0 aromatic carbocycles. The molecule has 3 aliphatic rings. The highest BCUT2D eigenvalue weighted by Gasteiger charge is 2.52. The van der Waals surface area contributed by atoms with Crippen LogP contribution in [0.2, 0.25) is 0 Å². The third-order valence-corrected chi connectivity index (χ3v) is 10.1. The van der Waals surface area contributed by atoms with Crippen LogP contribution in [0.1, 0.15) is 71.9 Å². The lowest BCUT2D eigenvalue weighted by molar-refractivity contribution is -0.115. The Kier molecular flexibility index (Phi) is 11.0. The quantitative estimate of drug-likeness (QED) is 0.203. The second-order valence-corrected chi connectivity index (χ2v) is 15.4. The Bertz CT molecular complexity index is 2450. The van der Waals surface area contributed by atoms with Gasteiger partial charge in [0.05, 0.1) is 53.1 Å². The van der Waals surface area contributed by atoms with Crippen LogP contribution < -0.4 is 10.6 Å². The number of carbonyl (C=O) groups excluding carboxylic acids is 2. The molecule has 56 heavy (non-hydrogen) atoms. The summed E-state index contributed by atoms with van der Waals surface area (Å²) in [7, 11) is 3.36. The largest absolute Gasteiger partial charge is 0.490 e. The first-order chi connectivity index (χ1) is 26.7. The Morgan fingerprint density at radius 3 is 1.77 bits per heavy atom. The van der Waals surface area contributed by atoms with Gasteiger partial charge in [0.15, 0.2) is 34.5 Å². The highest BCUT2D eigenvalue weighted by atomic mass is 79.9. The van der Waals surface area contributed by atoms with E-state index in [1.807, 2.05) is 54.2 Å². The number of allylic oxidation sites excluding steroid dienone is 4. The Balaban J connectivity index is 0.000000132. The lowest BCUT2D eigenvalue weighted by Crippen LogP contribution is -2.41. The van der Waals surface area contributed by atoms with Gasteiger partial charge in [0.25, 0.3) is 0 Å². The molecule has 7 heterocycles. The number of carbonyl (C=O) groups is 2. The summed E-state index contributed by atoms with van der Waals surface area (Å²) in [6.45, 7) is 8.10. The predicted octanol–water partition coefficient (Wildman–Crippen LogP) is 5.40. The maximum Gasteiger partial charge on any atom is 0.490 e. The fourth-order valence-corrected chi connectivity index (χ4v) is 6.56. The number of rotatable bonds is 6. The molecule has 0 unspecified atom stereocenters. The standard InChI is InChI=1S/C15H15N7O.C12H19BO3.C9H8BrN7/c1-21-7-11(6-17-21)19-14-15-16-9-18-22(15)8-13(20-14)10-3-2-4-12(23)5-10;1-11(2)12(3,4)16-13(15-11)9-6-5-7-10(14)8-9;1-16-3-6(2-12-16)14-8-9-11-5-13-17(9)4-7(10)15-8/h5-9H,2-4H2,1H3,(H,19,20);8H,5-7H2,1-4H3;2-5H,1H3,(H,14,15). The Morgan fingerprint density at radius 2 is 1.23 bits per heavy atom. The van der Waals surface area contributed by atoms with Gasteiger partial charge < -0.3 is 19.9 Å². The number of fused-ring (bicyclic) bond motifs is 2. The molecule has 6 aromatic rings. The molecule has 18 nitrogen and oxygen atoms in total. The summed E-state index contributed by atoms with van der Waals surface area (Å²) in [4.78, 5) is 40.4. The molecule has 0 saturated carbocycles. The van der Waals surface area contributed by atoms with Gasteiger partial charge in [-0.25, -0.2) is 29.0 Å². The first-order valence-corrected chi connectivity index (χ1v) is 18.9. The number of hydrogen-bond donors (Lipinski definition) is 2. The Hall–Kier alpha value is -5.60. The predicted molar refractivity (Wildman–Crippen MR) is 212 cm³/mol. The maximum atomic E-state index is 11.7. The molecule has 0 atom stereocenters. The van der Waals surface area contributed by atoms with E-state index in [0.717, 1.165) is 53.8 Å². The van der Waals surface area contributed by atoms with Crippen molar-refractivity contribution in [2.75, 3.05) is 10.6 Å². The van der Waals surface area contributed by atoms with Crippen LogP contribution in [0.5, 0.6) is 0 Å². The monoisotopic (exact) mass is 824 g/mol. The van der Waals surface area contributed by atoms with Crippen molar-refractivity contribution in [3.63, 3.8) is 0 Å². The highest BCUT2D eigenvalue weighted by molar-refractivity contribution is 9.10. The third kappa shape index (κ3) is 8.76. The number of aryl methyl sites for hydroxylation is 2. The third-order valence-electron chi connectivity index (χ3n) is 9.75. The number of hydrogen-bond acceptors (Lipinski definition) is 14. The molecule has 2 N–H and O–H groups in total. The van der Waals surface area contributed by atoms with Gasteiger partial charge in [0.1, 0.15) is 17.3 Å². The van der Waals surface area contributed by atoms with Crippen molar-refractivity contribution in [1.82, 2.24) is 58.7 Å². The molecule has 0 radical (unpaired) electrons. The van der Waals surface area contributed by atoms with E-state index in [4.69, 9.17) is 9.31 Å². The summed E-state index contributed by atoms with van der Waals surface area (Å²) in [6.07, 6.45) is 21.8. The molecule has 1 aliphatic heterocycles. The van der Waals surface area contributed by atoms with Gasteiger partial charge in [0, 0.05) is 39.3 Å². The zero-order valence-electron chi connectivity index (χ0n) is 32.0. The number of nitrogens with one attached hydrogen (secondary N) is 2. The van der Waals surface area contributed by atoms with Gasteiger partial charge in [-0.2, -0.15) is 20.4 Å². The van der Waals surface area contributed by atoms with E-state index in [1.165, 1.54) is 12.7 Å². The van der Waals surface area contributed by atoms with Crippen LogP contribution in [-0.4, -0.2) is 88.6 Å². The fourth-order valence-electron chi connectivity index (χ4n) is 6.19. The lowest BCUT2D eigenvalue weighted by atomic mass is 9.72. The molecule has 0 bridgehead atoms. The SMILES string of the molecule is CC1(C)OB(C2=CC(=O)CCC2)OC1(C)C.Cn1cc(Nc2nc(Br)cn3ncnc23)cn1.Cn1cc(Nc2nc(C3=CC(=O)CCC3)cn3ncnc23)cn1. The number of nitrogens with zero attached hydrogens (tertiary/aromatic N) is 12. The zero-order valence-corrected chi connectivity index (χ0v) is 33.6. The number of halogens is 1. The number of ketones is 2. The summed E-state index contributed by atoms with van der Waals surface area (Å²) in [5.74, 6) is 1.56. The van der Waals surface area contributed by atoms with Crippen LogP contribution in [-0.2, 0) is 33.0 Å². The van der Waals surface area contributed by atoms with E-state index in [2.05, 4.69) is 66.9 Å². The minimum atomic E-state index is -0.339. The Labute approximate surface area is 331 Å². The average molecular weight is 826 g/mol. The smallest absolute Gasteiger partial charge is 0.400 e. The van der Waals surface area contributed by atoms with Gasteiger partial charge in [0.2, 0.25) is 0 Å². The minimum Gasteiger partial charge on any atom is -0.400 e. The number of anilines is 4. The fraction of sp³-hybridized carbons (Fsp3) is 0.389. The average Bonchev–Trinajstić information content (AvgIpc) is 3.99. The molecule has 1 saturated heterocycles. The van der Waals surface area contributed by atoms with Crippen LogP contribution in [0.4, 0.5) is 23.0 Å². The Morgan fingerprint density at radius 1 is 0.696 bits per heavy atom. The van der Waals surface area contributed by atoms with E-state index in [0.29, 0.717) is 40.4 Å². The maximum absolute atomic E-state index is 11.7. The van der Waals surface area contributed by atoms with Gasteiger partial charge in [-0.05, 0) is 92.5 Å².